The van der Waals surface area contributed by atoms with Crippen LogP contribution >= 0.6 is 0 Å². The van der Waals surface area contributed by atoms with E-state index in [1.165, 1.54) is 0 Å². The zero-order valence-electron chi connectivity index (χ0n) is 16.5. The highest BCUT2D eigenvalue weighted by atomic mass is 16.6. The molecule has 140 valence electrons. The summed E-state index contributed by atoms with van der Waals surface area (Å²) < 4.78 is 11.4. The van der Waals surface area contributed by atoms with E-state index in [1.807, 2.05) is 47.6 Å². The second kappa shape index (κ2) is 9.59. The zero-order chi connectivity index (χ0) is 19.0. The summed E-state index contributed by atoms with van der Waals surface area (Å²) in [7, 11) is 0. The smallest absolute Gasteiger partial charge is 0.339 e. The first-order chi connectivity index (χ1) is 11.9. The van der Waals surface area contributed by atoms with Crippen molar-refractivity contribution in [3.8, 4) is 0 Å². The molecule has 0 atom stereocenters. The molecular weight excluding hydrogens is 316 g/mol. The van der Waals surface area contributed by atoms with E-state index < -0.39 is 17.5 Å². The number of carbonyl (C=O) groups is 2. The molecule has 0 aliphatic heterocycles. The van der Waals surface area contributed by atoms with Gasteiger partial charge >= 0.3 is 11.9 Å². The van der Waals surface area contributed by atoms with Crippen molar-refractivity contribution in [1.82, 2.24) is 0 Å². The first-order valence-electron chi connectivity index (χ1n) is 9.41. The van der Waals surface area contributed by atoms with E-state index in [4.69, 9.17) is 9.47 Å². The van der Waals surface area contributed by atoms with Crippen LogP contribution in [0.4, 0.5) is 0 Å². The van der Waals surface area contributed by atoms with E-state index in [0.717, 1.165) is 37.7 Å². The molecule has 25 heavy (non-hydrogen) atoms. The van der Waals surface area contributed by atoms with Gasteiger partial charge < -0.3 is 9.47 Å². The summed E-state index contributed by atoms with van der Waals surface area (Å²) in [4.78, 5) is 25.4. The lowest BCUT2D eigenvalue weighted by atomic mass is 9.93. The van der Waals surface area contributed by atoms with Crippen molar-refractivity contribution in [3.63, 3.8) is 0 Å². The van der Waals surface area contributed by atoms with Gasteiger partial charge in [-0.3, -0.25) is 0 Å². The lowest BCUT2D eigenvalue weighted by Crippen LogP contribution is -2.33. The summed E-state index contributed by atoms with van der Waals surface area (Å²) in [6.45, 7) is 11.9. The van der Waals surface area contributed by atoms with E-state index in [1.54, 1.807) is 12.1 Å². The van der Waals surface area contributed by atoms with Crippen molar-refractivity contribution in [2.45, 2.75) is 85.4 Å². The Bertz CT molecular complexity index is 575. The summed E-state index contributed by atoms with van der Waals surface area (Å²) in [5.41, 5.74) is 0.981. The van der Waals surface area contributed by atoms with E-state index in [2.05, 4.69) is 0 Å². The predicted molar refractivity (Wildman–Crippen MR) is 100.0 cm³/mol. The van der Waals surface area contributed by atoms with Crippen LogP contribution in [0.5, 0.6) is 0 Å². The lowest BCUT2D eigenvalue weighted by Gasteiger charge is -2.30. The predicted octanol–water partition coefficient (Wildman–Crippen LogP) is 5.47. The van der Waals surface area contributed by atoms with Crippen LogP contribution in [0.25, 0.3) is 0 Å². The van der Waals surface area contributed by atoms with Crippen LogP contribution in [-0.2, 0) is 9.47 Å². The number of ether oxygens (including phenoxy) is 2. The van der Waals surface area contributed by atoms with Gasteiger partial charge in [0.1, 0.15) is 11.7 Å². The van der Waals surface area contributed by atoms with Crippen LogP contribution in [0.3, 0.4) is 0 Å². The minimum atomic E-state index is -0.488. The Hall–Kier alpha value is -1.84. The Morgan fingerprint density at radius 3 is 1.96 bits per heavy atom. The largest absolute Gasteiger partial charge is 0.459 e. The van der Waals surface area contributed by atoms with Gasteiger partial charge in [-0.2, -0.15) is 0 Å². The van der Waals surface area contributed by atoms with Gasteiger partial charge in [-0.15, -0.1) is 0 Å². The first kappa shape index (κ1) is 21.2. The maximum absolute atomic E-state index is 12.8. The lowest BCUT2D eigenvalue weighted by molar-refractivity contribution is -0.0253. The summed E-state index contributed by atoms with van der Waals surface area (Å²) >= 11 is 0. The Labute approximate surface area is 151 Å². The molecule has 0 amide bonds. The normalized spacial score (nSPS) is 11.5. The van der Waals surface area contributed by atoms with Gasteiger partial charge in [-0.1, -0.05) is 46.2 Å². The molecule has 1 aromatic rings. The third kappa shape index (κ3) is 5.32. The van der Waals surface area contributed by atoms with Crippen LogP contribution in [-0.4, -0.2) is 23.6 Å². The summed E-state index contributed by atoms with van der Waals surface area (Å²) in [5, 5.41) is 0. The highest BCUT2D eigenvalue weighted by molar-refractivity contribution is 6.03. The van der Waals surface area contributed by atoms with E-state index >= 15 is 0 Å². The molecular formula is C21H32O4. The maximum atomic E-state index is 12.8. The van der Waals surface area contributed by atoms with E-state index in [-0.39, 0.29) is 17.2 Å². The number of rotatable bonds is 9. The molecule has 0 heterocycles. The maximum Gasteiger partial charge on any atom is 0.339 e. The van der Waals surface area contributed by atoms with E-state index in [9.17, 15) is 9.59 Å². The third-order valence-corrected chi connectivity index (χ3v) is 5.04. The van der Waals surface area contributed by atoms with Crippen LogP contribution < -0.4 is 0 Å². The minimum Gasteiger partial charge on any atom is -0.459 e. The van der Waals surface area contributed by atoms with Crippen LogP contribution in [0.15, 0.2) is 18.2 Å². The molecule has 0 unspecified atom stereocenters. The fourth-order valence-electron chi connectivity index (χ4n) is 2.89. The van der Waals surface area contributed by atoms with Crippen molar-refractivity contribution in [3.05, 3.63) is 34.9 Å². The molecule has 0 aromatic heterocycles. The molecule has 1 rings (SSSR count). The molecule has 0 aliphatic carbocycles. The number of hydrogen-bond acceptors (Lipinski definition) is 4. The number of carbonyl (C=O) groups excluding carboxylic acids is 2. The molecule has 0 bridgehead atoms. The van der Waals surface area contributed by atoms with Crippen LogP contribution in [0.1, 0.15) is 93.0 Å². The molecule has 0 aliphatic rings. The van der Waals surface area contributed by atoms with Crippen molar-refractivity contribution < 1.29 is 19.1 Å². The van der Waals surface area contributed by atoms with Gasteiger partial charge in [0.05, 0.1) is 11.1 Å². The SMILES string of the molecule is CCC(CC)OC(=O)c1cc(C)ccc1C(=O)OC(CC)(CC)CC. The Morgan fingerprint density at radius 2 is 1.48 bits per heavy atom. The monoisotopic (exact) mass is 348 g/mol. The highest BCUT2D eigenvalue weighted by Gasteiger charge is 2.31. The molecule has 0 saturated heterocycles. The molecule has 0 radical (unpaired) electrons. The molecule has 4 heteroatoms. The number of aryl methyl sites for hydroxylation is 1. The topological polar surface area (TPSA) is 52.6 Å². The van der Waals surface area contributed by atoms with Crippen molar-refractivity contribution in [2.24, 2.45) is 0 Å². The summed E-state index contributed by atoms with van der Waals surface area (Å²) in [6, 6.07) is 5.18. The fourth-order valence-corrected chi connectivity index (χ4v) is 2.89. The summed E-state index contributed by atoms with van der Waals surface area (Å²) in [6.07, 6.45) is 3.58. The average molecular weight is 348 g/mol. The molecule has 4 nitrogen and oxygen atoms in total. The molecule has 0 spiro atoms. The Morgan fingerprint density at radius 1 is 0.920 bits per heavy atom. The van der Waals surface area contributed by atoms with Gasteiger partial charge in [-0.05, 0) is 51.2 Å². The van der Waals surface area contributed by atoms with Gasteiger partial charge in [0.25, 0.3) is 0 Å². The van der Waals surface area contributed by atoms with Crippen molar-refractivity contribution in [1.29, 1.82) is 0 Å². The number of hydrogen-bond donors (Lipinski definition) is 0. The Kier molecular flexibility index (Phi) is 8.14. The summed E-state index contributed by atoms with van der Waals surface area (Å²) in [5.74, 6) is -0.915. The quantitative estimate of drug-likeness (QED) is 0.556. The second-order valence-electron chi connectivity index (χ2n) is 6.53. The zero-order valence-corrected chi connectivity index (χ0v) is 16.5. The van der Waals surface area contributed by atoms with Crippen LogP contribution in [0.2, 0.25) is 0 Å². The van der Waals surface area contributed by atoms with Gasteiger partial charge in [-0.25, -0.2) is 9.59 Å². The number of esters is 2. The minimum absolute atomic E-state index is 0.141. The Balaban J connectivity index is 3.15. The molecule has 0 fully saturated rings. The highest BCUT2D eigenvalue weighted by Crippen LogP contribution is 2.27. The molecule has 1 aromatic carbocycles. The van der Waals surface area contributed by atoms with Crippen molar-refractivity contribution in [2.75, 3.05) is 0 Å². The third-order valence-electron chi connectivity index (χ3n) is 5.04. The average Bonchev–Trinajstić information content (AvgIpc) is 2.63. The first-order valence-corrected chi connectivity index (χ1v) is 9.41. The molecule has 0 N–H and O–H groups in total. The standard InChI is InChI=1S/C21H32O4/c1-7-16(8-2)24-19(22)18-14-15(6)12-13-17(18)20(23)25-21(9-3,10-4)11-5/h12-14,16H,7-11H2,1-6H3. The van der Waals surface area contributed by atoms with Gasteiger partial charge in [0.2, 0.25) is 0 Å². The van der Waals surface area contributed by atoms with Crippen molar-refractivity contribution >= 4 is 11.9 Å². The second-order valence-corrected chi connectivity index (χ2v) is 6.53. The van der Waals surface area contributed by atoms with E-state index in [0.29, 0.717) is 0 Å². The van der Waals surface area contributed by atoms with Crippen LogP contribution in [0, 0.1) is 6.92 Å². The fraction of sp³-hybridized carbons (Fsp3) is 0.619. The number of benzene rings is 1. The van der Waals surface area contributed by atoms with Gasteiger partial charge in [0.15, 0.2) is 0 Å². The molecule has 0 saturated carbocycles. The van der Waals surface area contributed by atoms with Gasteiger partial charge in [0, 0.05) is 0 Å².